The lowest BCUT2D eigenvalue weighted by molar-refractivity contribution is 0.485. The number of halogens is 1. The number of aromatic nitrogens is 4. The van der Waals surface area contributed by atoms with E-state index in [1.807, 2.05) is 47.8 Å². The van der Waals surface area contributed by atoms with Crippen LogP contribution in [0.2, 0.25) is 0 Å². The van der Waals surface area contributed by atoms with Crippen LogP contribution in [0.3, 0.4) is 0 Å². The van der Waals surface area contributed by atoms with Crippen LogP contribution < -0.4 is 5.32 Å². The van der Waals surface area contributed by atoms with E-state index >= 15 is 0 Å². The van der Waals surface area contributed by atoms with Crippen molar-refractivity contribution >= 4 is 22.5 Å². The summed E-state index contributed by atoms with van der Waals surface area (Å²) in [6.45, 7) is -0.506. The second-order valence-corrected chi connectivity index (χ2v) is 5.22. The lowest BCUT2D eigenvalue weighted by Gasteiger charge is -2.09. The largest absolute Gasteiger partial charge is 0.372 e. The highest BCUT2D eigenvalue weighted by atomic mass is 19.1. The first-order chi connectivity index (χ1) is 11.3. The van der Waals surface area contributed by atoms with E-state index in [0.29, 0.717) is 17.2 Å². The molecule has 2 aromatic heterocycles. The number of anilines is 1. The van der Waals surface area contributed by atoms with Gasteiger partial charge in [-0.25, -0.2) is 4.39 Å². The number of para-hydroxylation sites is 1. The van der Waals surface area contributed by atoms with Crippen LogP contribution in [0.5, 0.6) is 0 Å². The van der Waals surface area contributed by atoms with Gasteiger partial charge in [0.05, 0.1) is 5.52 Å². The normalized spacial score (nSPS) is 11.2. The molecule has 0 radical (unpaired) electrons. The Kier molecular flexibility index (Phi) is 3.15. The summed E-state index contributed by atoms with van der Waals surface area (Å²) >= 11 is 0. The Morgan fingerprint density at radius 2 is 1.96 bits per heavy atom. The van der Waals surface area contributed by atoms with Crippen LogP contribution in [0.4, 0.5) is 10.2 Å². The van der Waals surface area contributed by atoms with Crippen LogP contribution in [0, 0.1) is 0 Å². The molecule has 0 bridgehead atoms. The number of hydrogen-bond donors (Lipinski definition) is 1. The molecule has 0 aliphatic rings. The predicted molar refractivity (Wildman–Crippen MR) is 88.1 cm³/mol. The van der Waals surface area contributed by atoms with E-state index in [-0.39, 0.29) is 0 Å². The molecule has 2 heterocycles. The molecule has 0 atom stereocenters. The Morgan fingerprint density at radius 1 is 1.09 bits per heavy atom. The van der Waals surface area contributed by atoms with Crippen LogP contribution in [0.1, 0.15) is 5.56 Å². The predicted octanol–water partition coefficient (Wildman–Crippen LogP) is 3.46. The van der Waals surface area contributed by atoms with Gasteiger partial charge in [-0.05, 0) is 23.8 Å². The zero-order valence-corrected chi connectivity index (χ0v) is 12.5. The highest BCUT2D eigenvalue weighted by Gasteiger charge is 2.14. The van der Waals surface area contributed by atoms with E-state index in [9.17, 15) is 4.39 Å². The van der Waals surface area contributed by atoms with Gasteiger partial charge in [-0.15, -0.1) is 10.2 Å². The van der Waals surface area contributed by atoms with Crippen LogP contribution >= 0.6 is 0 Å². The van der Waals surface area contributed by atoms with Crippen molar-refractivity contribution < 1.29 is 4.39 Å². The maximum absolute atomic E-state index is 12.9. The van der Waals surface area contributed by atoms with E-state index in [2.05, 4.69) is 20.5 Å². The Bertz CT molecular complexity index is 1010. The highest BCUT2D eigenvalue weighted by molar-refractivity contribution is 5.92. The molecule has 6 heteroatoms. The summed E-state index contributed by atoms with van der Waals surface area (Å²) in [5.41, 5.74) is 2.38. The molecule has 0 aliphatic heterocycles. The van der Waals surface area contributed by atoms with Gasteiger partial charge in [0.25, 0.3) is 5.78 Å². The number of alkyl halides is 1. The molecule has 0 unspecified atom stereocenters. The maximum Gasteiger partial charge on any atom is 0.257 e. The third-order valence-electron chi connectivity index (χ3n) is 3.83. The fraction of sp³-hybridized carbons (Fsp3) is 0.118. The molecule has 23 heavy (non-hydrogen) atoms. The van der Waals surface area contributed by atoms with Crippen molar-refractivity contribution in [3.63, 3.8) is 0 Å². The van der Waals surface area contributed by atoms with Gasteiger partial charge >= 0.3 is 0 Å². The lowest BCUT2D eigenvalue weighted by atomic mass is 10.1. The fourth-order valence-corrected chi connectivity index (χ4v) is 2.77. The Balaban J connectivity index is 2.07. The monoisotopic (exact) mass is 307 g/mol. The second-order valence-electron chi connectivity index (χ2n) is 5.22. The summed E-state index contributed by atoms with van der Waals surface area (Å²) in [4.78, 5) is 4.51. The zero-order chi connectivity index (χ0) is 15.8. The summed E-state index contributed by atoms with van der Waals surface area (Å²) in [7, 11) is 1.83. The van der Waals surface area contributed by atoms with Gasteiger partial charge in [0, 0.05) is 18.0 Å². The summed E-state index contributed by atoms with van der Waals surface area (Å²) < 4.78 is 14.8. The Labute approximate surface area is 131 Å². The molecule has 2 aromatic carbocycles. The first-order valence-electron chi connectivity index (χ1n) is 7.28. The minimum Gasteiger partial charge on any atom is -0.372 e. The maximum atomic E-state index is 12.9. The van der Waals surface area contributed by atoms with E-state index in [4.69, 9.17) is 0 Å². The first-order valence-corrected chi connectivity index (χ1v) is 7.28. The fourth-order valence-electron chi connectivity index (χ4n) is 2.77. The Morgan fingerprint density at radius 3 is 2.78 bits per heavy atom. The van der Waals surface area contributed by atoms with Crippen molar-refractivity contribution in [2.24, 2.45) is 0 Å². The summed E-state index contributed by atoms with van der Waals surface area (Å²) in [6.07, 6.45) is 0. The highest BCUT2D eigenvalue weighted by Crippen LogP contribution is 2.27. The number of nitrogens with zero attached hydrogens (tertiary/aromatic N) is 4. The standard InChI is InChI=1S/C17H14FN5/c1-19-15-13-7-2-3-8-14(13)23-16(21-22-17(23)20-15)12-6-4-5-11(9-12)10-18/h2-9H,10H2,1H3,(H,19,20,22). The molecule has 0 saturated heterocycles. The third-order valence-corrected chi connectivity index (χ3v) is 3.83. The lowest BCUT2D eigenvalue weighted by Crippen LogP contribution is -2.00. The minimum absolute atomic E-state index is 0.506. The zero-order valence-electron chi connectivity index (χ0n) is 12.5. The van der Waals surface area contributed by atoms with E-state index in [1.54, 1.807) is 12.1 Å². The smallest absolute Gasteiger partial charge is 0.257 e. The van der Waals surface area contributed by atoms with E-state index in [0.717, 1.165) is 22.3 Å². The molecule has 4 rings (SSSR count). The molecule has 4 aromatic rings. The molecule has 114 valence electrons. The molecule has 0 aliphatic carbocycles. The molecular formula is C17H14FN5. The van der Waals surface area contributed by atoms with Crippen molar-refractivity contribution in [2.45, 2.75) is 6.67 Å². The minimum atomic E-state index is -0.506. The van der Waals surface area contributed by atoms with Crippen molar-refractivity contribution in [3.05, 3.63) is 54.1 Å². The molecule has 0 spiro atoms. The number of rotatable bonds is 3. The number of nitrogens with one attached hydrogen (secondary N) is 1. The Hall–Kier alpha value is -3.02. The van der Waals surface area contributed by atoms with Crippen LogP contribution in [0.25, 0.3) is 28.1 Å². The molecule has 5 nitrogen and oxygen atoms in total. The first kappa shape index (κ1) is 13.6. The topological polar surface area (TPSA) is 55.1 Å². The number of fused-ring (bicyclic) bond motifs is 3. The SMILES string of the molecule is CNc1nc2nnc(-c3cccc(CF)c3)n2c2ccccc12. The van der Waals surface area contributed by atoms with Crippen LogP contribution in [-0.4, -0.2) is 26.6 Å². The van der Waals surface area contributed by atoms with Gasteiger partial charge in [0.2, 0.25) is 0 Å². The molecule has 1 N–H and O–H groups in total. The van der Waals surface area contributed by atoms with Gasteiger partial charge in [-0.1, -0.05) is 30.3 Å². The third kappa shape index (κ3) is 2.11. The molecule has 0 amide bonds. The summed E-state index contributed by atoms with van der Waals surface area (Å²) in [6, 6.07) is 15.2. The summed E-state index contributed by atoms with van der Waals surface area (Å²) in [5.74, 6) is 1.92. The number of benzene rings is 2. The van der Waals surface area contributed by atoms with Crippen molar-refractivity contribution in [1.29, 1.82) is 0 Å². The molecule has 0 fully saturated rings. The number of hydrogen-bond acceptors (Lipinski definition) is 4. The molecular weight excluding hydrogens is 293 g/mol. The van der Waals surface area contributed by atoms with E-state index in [1.165, 1.54) is 0 Å². The van der Waals surface area contributed by atoms with Gasteiger partial charge in [0.15, 0.2) is 5.82 Å². The van der Waals surface area contributed by atoms with Gasteiger partial charge in [-0.2, -0.15) is 4.98 Å². The summed E-state index contributed by atoms with van der Waals surface area (Å²) in [5, 5.41) is 12.5. The average Bonchev–Trinajstić information content (AvgIpc) is 3.05. The quantitative estimate of drug-likeness (QED) is 0.630. The van der Waals surface area contributed by atoms with Gasteiger partial charge in [0.1, 0.15) is 12.5 Å². The second kappa shape index (κ2) is 5.31. The van der Waals surface area contributed by atoms with Crippen LogP contribution in [-0.2, 0) is 6.67 Å². The van der Waals surface area contributed by atoms with Gasteiger partial charge in [-0.3, -0.25) is 4.40 Å². The average molecular weight is 307 g/mol. The molecule has 0 saturated carbocycles. The van der Waals surface area contributed by atoms with Crippen molar-refractivity contribution in [1.82, 2.24) is 19.6 Å². The van der Waals surface area contributed by atoms with Crippen molar-refractivity contribution in [2.75, 3.05) is 12.4 Å². The van der Waals surface area contributed by atoms with Gasteiger partial charge < -0.3 is 5.32 Å². The van der Waals surface area contributed by atoms with Crippen molar-refractivity contribution in [3.8, 4) is 11.4 Å². The van der Waals surface area contributed by atoms with Crippen LogP contribution in [0.15, 0.2) is 48.5 Å². The van der Waals surface area contributed by atoms with E-state index < -0.39 is 6.67 Å².